The number of hydrogen-bond donors (Lipinski definition) is 3. The van der Waals surface area contributed by atoms with Gasteiger partial charge in [0.1, 0.15) is 12.4 Å². The van der Waals surface area contributed by atoms with Crippen molar-refractivity contribution in [3.05, 3.63) is 101 Å². The first-order chi connectivity index (χ1) is 18.3. The van der Waals surface area contributed by atoms with Crippen molar-refractivity contribution in [1.29, 1.82) is 0 Å². The number of hydrogen-bond acceptors (Lipinski definition) is 7. The Hall–Kier alpha value is -3.80. The molecule has 0 fully saturated rings. The zero-order valence-corrected chi connectivity index (χ0v) is 22.7. The zero-order valence-electron chi connectivity index (χ0n) is 21.9. The van der Waals surface area contributed by atoms with E-state index in [1.807, 2.05) is 30.3 Å². The van der Waals surface area contributed by atoms with E-state index in [2.05, 4.69) is 5.32 Å². The summed E-state index contributed by atoms with van der Waals surface area (Å²) >= 11 is 0. The topological polar surface area (TPSA) is 139 Å². The van der Waals surface area contributed by atoms with E-state index in [1.165, 1.54) is 49.5 Å². The fraction of sp³-hybridized carbons (Fsp3) is 0.286. The van der Waals surface area contributed by atoms with Gasteiger partial charge in [-0.25, -0.2) is 17.6 Å². The van der Waals surface area contributed by atoms with Crippen molar-refractivity contribution in [2.24, 2.45) is 5.73 Å². The van der Waals surface area contributed by atoms with Gasteiger partial charge >= 0.3 is 5.97 Å². The number of nitrogens with zero attached hydrogens (tertiary/aromatic N) is 1. The molecular weight excluding hydrogens is 525 g/mol. The highest BCUT2D eigenvalue weighted by Crippen LogP contribution is 2.23. The number of carbonyl (C=O) groups is 2. The standard InChI is InChI=1S/C28H32FN3O6S/c1-19(21-9-11-24(29)12-10-21)31-26(34)22-13-23(15-25(14-22)32(2)39(3,36)37)27(35)38-18-28(30,17-33)16-20-7-5-4-6-8-20/h4-15,19,33H,16-18,30H2,1-3H3,(H,31,34)/t19-,28?/m0/s1. The molecule has 1 amide bonds. The van der Waals surface area contributed by atoms with Crippen LogP contribution in [-0.4, -0.2) is 57.5 Å². The van der Waals surface area contributed by atoms with Crippen LogP contribution >= 0.6 is 0 Å². The molecular formula is C28H32FN3O6S. The third-order valence-corrected chi connectivity index (χ3v) is 7.40. The highest BCUT2D eigenvalue weighted by Gasteiger charge is 2.28. The molecule has 3 aromatic rings. The molecule has 0 heterocycles. The summed E-state index contributed by atoms with van der Waals surface area (Å²) in [5.41, 5.74) is 6.51. The first kappa shape index (κ1) is 29.8. The molecule has 11 heteroatoms. The predicted molar refractivity (Wildman–Crippen MR) is 146 cm³/mol. The van der Waals surface area contributed by atoms with E-state index >= 15 is 0 Å². The number of esters is 1. The third-order valence-electron chi connectivity index (χ3n) is 6.20. The first-order valence-corrected chi connectivity index (χ1v) is 13.9. The number of ether oxygens (including phenoxy) is 1. The van der Waals surface area contributed by atoms with Gasteiger partial charge in [0.25, 0.3) is 5.91 Å². The van der Waals surface area contributed by atoms with Crippen LogP contribution < -0.4 is 15.4 Å². The van der Waals surface area contributed by atoms with Crippen LogP contribution in [0.5, 0.6) is 0 Å². The molecule has 0 aliphatic carbocycles. The lowest BCUT2D eigenvalue weighted by Crippen LogP contribution is -2.50. The van der Waals surface area contributed by atoms with Crippen molar-refractivity contribution >= 4 is 27.6 Å². The average Bonchev–Trinajstić information content (AvgIpc) is 2.91. The predicted octanol–water partition coefficient (Wildman–Crippen LogP) is 2.80. The molecule has 0 saturated carbocycles. The van der Waals surface area contributed by atoms with Crippen LogP contribution in [0.4, 0.5) is 10.1 Å². The molecule has 3 rings (SSSR count). The van der Waals surface area contributed by atoms with E-state index in [4.69, 9.17) is 10.5 Å². The molecule has 9 nitrogen and oxygen atoms in total. The third kappa shape index (κ3) is 8.09. The normalized spacial score (nSPS) is 13.7. The Labute approximate surface area is 227 Å². The number of carbonyl (C=O) groups excluding carboxylic acids is 2. The van der Waals surface area contributed by atoms with Gasteiger partial charge in [-0.05, 0) is 54.8 Å². The second-order valence-electron chi connectivity index (χ2n) is 9.50. The summed E-state index contributed by atoms with van der Waals surface area (Å²) in [6, 6.07) is 18.2. The van der Waals surface area contributed by atoms with Crippen molar-refractivity contribution in [2.75, 3.05) is 30.8 Å². The van der Waals surface area contributed by atoms with Crippen LogP contribution in [0, 0.1) is 5.82 Å². The maximum Gasteiger partial charge on any atom is 0.338 e. The lowest BCUT2D eigenvalue weighted by molar-refractivity contribution is 0.0331. The highest BCUT2D eigenvalue weighted by atomic mass is 32.2. The van der Waals surface area contributed by atoms with E-state index < -0.39 is 45.9 Å². The van der Waals surface area contributed by atoms with Crippen LogP contribution in [0.2, 0.25) is 0 Å². The van der Waals surface area contributed by atoms with Gasteiger partial charge in [0.15, 0.2) is 0 Å². The molecule has 39 heavy (non-hydrogen) atoms. The van der Waals surface area contributed by atoms with E-state index in [-0.39, 0.29) is 29.8 Å². The minimum absolute atomic E-state index is 0.00867. The largest absolute Gasteiger partial charge is 0.460 e. The molecule has 4 N–H and O–H groups in total. The van der Waals surface area contributed by atoms with Gasteiger partial charge in [-0.3, -0.25) is 9.10 Å². The molecule has 2 atom stereocenters. The van der Waals surface area contributed by atoms with Crippen LogP contribution in [-0.2, 0) is 21.2 Å². The minimum atomic E-state index is -3.72. The van der Waals surface area contributed by atoms with Crippen LogP contribution in [0.3, 0.4) is 0 Å². The lowest BCUT2D eigenvalue weighted by Gasteiger charge is -2.27. The SMILES string of the molecule is C[C@H](NC(=O)c1cc(C(=O)OCC(N)(CO)Cc2ccccc2)cc(N(C)S(C)(=O)=O)c1)c1ccc(F)cc1. The van der Waals surface area contributed by atoms with Crippen molar-refractivity contribution < 1.29 is 32.2 Å². The van der Waals surface area contributed by atoms with Gasteiger partial charge in [-0.15, -0.1) is 0 Å². The Kier molecular flexibility index (Phi) is 9.44. The van der Waals surface area contributed by atoms with Crippen molar-refractivity contribution in [3.8, 4) is 0 Å². The summed E-state index contributed by atoms with van der Waals surface area (Å²) < 4.78 is 44.0. The summed E-state index contributed by atoms with van der Waals surface area (Å²) in [6.07, 6.45) is 1.23. The van der Waals surface area contributed by atoms with Crippen molar-refractivity contribution in [1.82, 2.24) is 5.32 Å². The summed E-state index contributed by atoms with van der Waals surface area (Å²) in [6.45, 7) is 0.919. The van der Waals surface area contributed by atoms with Gasteiger partial charge in [0.2, 0.25) is 10.0 Å². The Morgan fingerprint density at radius 3 is 2.28 bits per heavy atom. The summed E-state index contributed by atoms with van der Waals surface area (Å²) in [5.74, 6) is -1.85. The van der Waals surface area contributed by atoms with E-state index in [1.54, 1.807) is 6.92 Å². The fourth-order valence-electron chi connectivity index (χ4n) is 3.80. The number of aliphatic hydroxyl groups is 1. The number of aliphatic hydroxyl groups excluding tert-OH is 1. The Morgan fingerprint density at radius 2 is 1.69 bits per heavy atom. The van der Waals surface area contributed by atoms with E-state index in [9.17, 15) is 27.5 Å². The summed E-state index contributed by atoms with van der Waals surface area (Å²) in [7, 11) is -2.43. The number of nitrogens with one attached hydrogen (secondary N) is 1. The summed E-state index contributed by atoms with van der Waals surface area (Å²) in [4.78, 5) is 26.1. The number of halogens is 1. The smallest absolute Gasteiger partial charge is 0.338 e. The van der Waals surface area contributed by atoms with Crippen LogP contribution in [0.1, 0.15) is 44.8 Å². The van der Waals surface area contributed by atoms with Gasteiger partial charge < -0.3 is 20.9 Å². The zero-order chi connectivity index (χ0) is 28.8. The van der Waals surface area contributed by atoms with Gasteiger partial charge in [0, 0.05) is 12.6 Å². The average molecular weight is 558 g/mol. The van der Waals surface area contributed by atoms with Gasteiger partial charge in [0.05, 0.1) is 35.7 Å². The number of nitrogens with two attached hydrogens (primary N) is 1. The monoisotopic (exact) mass is 557 g/mol. The lowest BCUT2D eigenvalue weighted by atomic mass is 9.93. The minimum Gasteiger partial charge on any atom is -0.460 e. The molecule has 0 aliphatic heterocycles. The highest BCUT2D eigenvalue weighted by molar-refractivity contribution is 7.92. The van der Waals surface area contributed by atoms with Crippen molar-refractivity contribution in [3.63, 3.8) is 0 Å². The molecule has 208 valence electrons. The van der Waals surface area contributed by atoms with Gasteiger partial charge in [-0.2, -0.15) is 0 Å². The number of rotatable bonds is 11. The van der Waals surface area contributed by atoms with E-state index in [0.29, 0.717) is 5.56 Å². The molecule has 0 bridgehead atoms. The molecule has 0 spiro atoms. The maximum absolute atomic E-state index is 13.3. The molecule has 0 saturated heterocycles. The number of anilines is 1. The van der Waals surface area contributed by atoms with E-state index in [0.717, 1.165) is 16.1 Å². The molecule has 1 unspecified atom stereocenters. The van der Waals surface area contributed by atoms with Gasteiger partial charge in [-0.1, -0.05) is 42.5 Å². The second kappa shape index (κ2) is 12.4. The number of amides is 1. The molecule has 0 aliphatic rings. The number of benzene rings is 3. The Balaban J connectivity index is 1.85. The maximum atomic E-state index is 13.3. The quantitative estimate of drug-likeness (QED) is 0.308. The molecule has 0 radical (unpaired) electrons. The molecule has 3 aromatic carbocycles. The van der Waals surface area contributed by atoms with Crippen LogP contribution in [0.25, 0.3) is 0 Å². The fourth-order valence-corrected chi connectivity index (χ4v) is 4.28. The number of sulfonamides is 1. The Bertz CT molecular complexity index is 1420. The Morgan fingerprint density at radius 1 is 1.08 bits per heavy atom. The summed E-state index contributed by atoms with van der Waals surface area (Å²) in [5, 5.41) is 12.6. The van der Waals surface area contributed by atoms with Crippen LogP contribution in [0.15, 0.2) is 72.8 Å². The second-order valence-corrected chi connectivity index (χ2v) is 11.5. The van der Waals surface area contributed by atoms with Crippen molar-refractivity contribution in [2.45, 2.75) is 24.9 Å². The first-order valence-electron chi connectivity index (χ1n) is 12.1. The molecule has 0 aromatic heterocycles.